The highest BCUT2D eigenvalue weighted by atomic mass is 19.4. The lowest BCUT2D eigenvalue weighted by Gasteiger charge is -2.09. The van der Waals surface area contributed by atoms with Crippen molar-refractivity contribution in [1.29, 1.82) is 5.41 Å². The minimum atomic E-state index is -4.55. The molecule has 0 spiro atoms. The Morgan fingerprint density at radius 1 is 1.07 bits per heavy atom. The molecule has 150 valence electrons. The first-order valence-electron chi connectivity index (χ1n) is 8.39. The molecule has 0 aliphatic rings. The van der Waals surface area contributed by atoms with Gasteiger partial charge in [-0.05, 0) is 24.3 Å². The molecule has 2 heterocycles. The van der Waals surface area contributed by atoms with Crippen LogP contribution in [0.5, 0.6) is 5.75 Å². The van der Waals surface area contributed by atoms with E-state index in [1.165, 1.54) is 0 Å². The van der Waals surface area contributed by atoms with E-state index < -0.39 is 18.6 Å². The normalized spacial score (nSPS) is 12.0. The first kappa shape index (κ1) is 18.7. The quantitative estimate of drug-likeness (QED) is 0.231. The Labute approximate surface area is 160 Å². The maximum Gasteiger partial charge on any atom is 0.422 e. The number of imidazole rings is 2. The fourth-order valence-corrected chi connectivity index (χ4v) is 2.93. The van der Waals surface area contributed by atoms with Crippen molar-refractivity contribution < 1.29 is 22.3 Å². The van der Waals surface area contributed by atoms with Gasteiger partial charge in [-0.25, -0.2) is 14.4 Å². The molecule has 2 aromatic carbocycles. The number of halogens is 4. The van der Waals surface area contributed by atoms with Crippen LogP contribution in [0.1, 0.15) is 17.2 Å². The summed E-state index contributed by atoms with van der Waals surface area (Å²) in [6.07, 6.45) is -4.36. The van der Waals surface area contributed by atoms with Crippen molar-refractivity contribution in [2.24, 2.45) is 5.73 Å². The van der Waals surface area contributed by atoms with Gasteiger partial charge in [0.1, 0.15) is 28.8 Å². The van der Waals surface area contributed by atoms with Crippen LogP contribution >= 0.6 is 0 Å². The van der Waals surface area contributed by atoms with Crippen LogP contribution in [0, 0.1) is 11.2 Å². The van der Waals surface area contributed by atoms with Crippen LogP contribution in [-0.2, 0) is 6.42 Å². The molecule has 0 bridgehead atoms. The van der Waals surface area contributed by atoms with Crippen LogP contribution in [0.25, 0.3) is 22.1 Å². The third kappa shape index (κ3) is 3.98. The van der Waals surface area contributed by atoms with E-state index in [2.05, 4.69) is 19.9 Å². The number of amidine groups is 1. The number of nitrogens with two attached hydrogens (primary N) is 1. The molecule has 0 saturated carbocycles. The van der Waals surface area contributed by atoms with Crippen LogP contribution in [0.15, 0.2) is 30.3 Å². The summed E-state index contributed by atoms with van der Waals surface area (Å²) in [5.41, 5.74) is 7.65. The summed E-state index contributed by atoms with van der Waals surface area (Å²) in [5, 5.41) is 7.48. The van der Waals surface area contributed by atoms with Crippen LogP contribution < -0.4 is 10.5 Å². The van der Waals surface area contributed by atoms with Crippen LogP contribution in [0.3, 0.4) is 0 Å². The summed E-state index contributed by atoms with van der Waals surface area (Å²) in [7, 11) is 0. The lowest BCUT2D eigenvalue weighted by Crippen LogP contribution is -2.19. The molecular formula is C18H14F4N6O. The van der Waals surface area contributed by atoms with Crippen molar-refractivity contribution in [3.63, 3.8) is 0 Å². The summed E-state index contributed by atoms with van der Waals surface area (Å²) >= 11 is 0. The van der Waals surface area contributed by atoms with E-state index in [0.29, 0.717) is 28.2 Å². The number of benzene rings is 2. The molecule has 0 amide bonds. The Kier molecular flexibility index (Phi) is 4.36. The summed E-state index contributed by atoms with van der Waals surface area (Å²) in [6, 6.07) is 7.06. The molecule has 7 nitrogen and oxygen atoms in total. The van der Waals surface area contributed by atoms with Crippen molar-refractivity contribution in [3.05, 3.63) is 53.4 Å². The fraction of sp³-hybridized carbons (Fsp3) is 0.167. The number of aromatic nitrogens is 4. The third-order valence-corrected chi connectivity index (χ3v) is 4.13. The molecule has 0 unspecified atom stereocenters. The zero-order valence-electron chi connectivity index (χ0n) is 14.7. The highest BCUT2D eigenvalue weighted by molar-refractivity contribution is 5.97. The molecular weight excluding hydrogens is 392 g/mol. The van der Waals surface area contributed by atoms with Gasteiger partial charge in [-0.15, -0.1) is 0 Å². The maximum atomic E-state index is 13.7. The van der Waals surface area contributed by atoms with Crippen molar-refractivity contribution in [2.75, 3.05) is 6.61 Å². The number of alkyl halides is 3. The average molecular weight is 406 g/mol. The minimum absolute atomic E-state index is 0.0752. The molecule has 0 radical (unpaired) electrons. The summed E-state index contributed by atoms with van der Waals surface area (Å²) < 4.78 is 55.8. The number of nitrogens with zero attached hydrogens (tertiary/aromatic N) is 2. The number of fused-ring (bicyclic) bond motifs is 2. The number of hydrogen-bond acceptors (Lipinski definition) is 4. The Hall–Kier alpha value is -3.63. The first-order valence-corrected chi connectivity index (χ1v) is 8.39. The minimum Gasteiger partial charge on any atom is -0.482 e. The van der Waals surface area contributed by atoms with Crippen LogP contribution in [0.2, 0.25) is 0 Å². The molecule has 2 aromatic heterocycles. The number of ether oxygens (including phenoxy) is 1. The lowest BCUT2D eigenvalue weighted by molar-refractivity contribution is -0.153. The standard InChI is InChI=1S/C18H14F4N6O/c19-9-4-12-16(13(5-9)29-7-18(20,21)22)28-15(27-12)6-14-25-10-2-1-8(17(23)24)3-11(10)26-14/h1-5H,6-7H2,(H3,23,24)(H,25,26)(H,27,28). The molecule has 0 atom stereocenters. The Morgan fingerprint density at radius 3 is 2.52 bits per heavy atom. The van der Waals surface area contributed by atoms with Gasteiger partial charge in [-0.1, -0.05) is 0 Å². The van der Waals surface area contributed by atoms with Crippen molar-refractivity contribution in [2.45, 2.75) is 12.6 Å². The van der Waals surface area contributed by atoms with Gasteiger partial charge in [0.25, 0.3) is 0 Å². The largest absolute Gasteiger partial charge is 0.482 e. The van der Waals surface area contributed by atoms with E-state index in [-0.39, 0.29) is 29.0 Å². The van der Waals surface area contributed by atoms with Crippen molar-refractivity contribution in [3.8, 4) is 5.75 Å². The van der Waals surface area contributed by atoms with E-state index in [1.54, 1.807) is 18.2 Å². The van der Waals surface area contributed by atoms with Crippen molar-refractivity contribution in [1.82, 2.24) is 19.9 Å². The van der Waals surface area contributed by atoms with Gasteiger partial charge in [0, 0.05) is 11.6 Å². The van der Waals surface area contributed by atoms with Gasteiger partial charge in [0.2, 0.25) is 0 Å². The van der Waals surface area contributed by atoms with Gasteiger partial charge >= 0.3 is 6.18 Å². The molecule has 0 aliphatic carbocycles. The topological polar surface area (TPSA) is 116 Å². The second kappa shape index (κ2) is 6.76. The molecule has 4 rings (SSSR count). The molecule has 0 fully saturated rings. The maximum absolute atomic E-state index is 13.7. The van der Waals surface area contributed by atoms with Crippen molar-refractivity contribution >= 4 is 27.9 Å². The summed E-state index contributed by atoms with van der Waals surface area (Å²) in [5.74, 6) is -0.221. The number of nitrogens with one attached hydrogen (secondary N) is 3. The predicted molar refractivity (Wildman–Crippen MR) is 97.5 cm³/mol. The van der Waals surface area contributed by atoms with Gasteiger partial charge in [0.15, 0.2) is 12.4 Å². The zero-order valence-corrected chi connectivity index (χ0v) is 14.7. The number of hydrogen-bond donors (Lipinski definition) is 4. The zero-order chi connectivity index (χ0) is 20.8. The number of aromatic amines is 2. The summed E-state index contributed by atoms with van der Waals surface area (Å²) in [4.78, 5) is 14.6. The number of H-pyrrole nitrogens is 2. The lowest BCUT2D eigenvalue weighted by atomic mass is 10.2. The van der Waals surface area contributed by atoms with E-state index in [4.69, 9.17) is 15.9 Å². The highest BCUT2D eigenvalue weighted by Gasteiger charge is 2.29. The molecule has 11 heteroatoms. The van der Waals surface area contributed by atoms with Gasteiger partial charge in [0.05, 0.1) is 23.0 Å². The van der Waals surface area contributed by atoms with Crippen LogP contribution in [0.4, 0.5) is 17.6 Å². The number of nitrogen functional groups attached to an aromatic ring is 1. The smallest absolute Gasteiger partial charge is 0.422 e. The molecule has 5 N–H and O–H groups in total. The monoisotopic (exact) mass is 406 g/mol. The SMILES string of the molecule is N=C(N)c1ccc2nc(Cc3nc4c(OCC(F)(F)F)cc(F)cc4[nH]3)[nH]c2c1. The second-order valence-electron chi connectivity index (χ2n) is 6.39. The molecule has 0 saturated heterocycles. The van der Waals surface area contributed by atoms with Crippen LogP contribution in [-0.4, -0.2) is 38.6 Å². The van der Waals surface area contributed by atoms with E-state index in [1.807, 2.05) is 0 Å². The third-order valence-electron chi connectivity index (χ3n) is 4.13. The van der Waals surface area contributed by atoms with E-state index in [0.717, 1.165) is 12.1 Å². The second-order valence-corrected chi connectivity index (χ2v) is 6.39. The summed E-state index contributed by atoms with van der Waals surface area (Å²) in [6.45, 7) is -1.55. The van der Waals surface area contributed by atoms with E-state index >= 15 is 0 Å². The van der Waals surface area contributed by atoms with E-state index in [9.17, 15) is 17.6 Å². The molecule has 4 aromatic rings. The molecule has 0 aliphatic heterocycles. The highest BCUT2D eigenvalue weighted by Crippen LogP contribution is 2.28. The number of rotatable bonds is 5. The average Bonchev–Trinajstić information content (AvgIpc) is 3.20. The Morgan fingerprint density at radius 2 is 1.79 bits per heavy atom. The first-order chi connectivity index (χ1) is 13.7. The van der Waals surface area contributed by atoms with Gasteiger partial charge in [-0.2, -0.15) is 13.2 Å². The molecule has 29 heavy (non-hydrogen) atoms. The fourth-order valence-electron chi connectivity index (χ4n) is 2.93. The van der Waals surface area contributed by atoms with Gasteiger partial charge < -0.3 is 20.4 Å². The predicted octanol–water partition coefficient (Wildman–Crippen LogP) is 3.39. The Bertz CT molecular complexity index is 1230. The van der Waals surface area contributed by atoms with Gasteiger partial charge in [-0.3, -0.25) is 5.41 Å². The Balaban J connectivity index is 1.64.